The first kappa shape index (κ1) is 22.4. The van der Waals surface area contributed by atoms with E-state index in [0.717, 1.165) is 36.9 Å². The molecule has 2 heterocycles. The first-order valence-electron chi connectivity index (χ1n) is 8.93. The Morgan fingerprint density at radius 3 is 2.68 bits per heavy atom. The van der Waals surface area contributed by atoms with E-state index < -0.39 is 0 Å². The second-order valence-corrected chi connectivity index (χ2v) is 7.10. The summed E-state index contributed by atoms with van der Waals surface area (Å²) in [5.41, 5.74) is 3.15. The Morgan fingerprint density at radius 1 is 1.21 bits per heavy atom. The van der Waals surface area contributed by atoms with E-state index in [0.29, 0.717) is 5.92 Å². The number of hydrogen-bond donors (Lipinski definition) is 2. The third kappa shape index (κ3) is 6.30. The molecule has 0 amide bonds. The first-order valence-corrected chi connectivity index (χ1v) is 9.87. The van der Waals surface area contributed by atoms with Crippen LogP contribution in [0, 0.1) is 5.82 Å². The minimum atomic E-state index is -0.248. The number of guanidine groups is 1. The van der Waals surface area contributed by atoms with Crippen LogP contribution in [-0.4, -0.2) is 35.9 Å². The van der Waals surface area contributed by atoms with E-state index in [1.807, 2.05) is 12.3 Å². The van der Waals surface area contributed by atoms with E-state index in [1.54, 1.807) is 35.2 Å². The predicted octanol–water partition coefficient (Wildman–Crippen LogP) is 4.20. The summed E-state index contributed by atoms with van der Waals surface area (Å²) in [5.74, 6) is 0.971. The lowest BCUT2D eigenvalue weighted by atomic mass is 10.1. The van der Waals surface area contributed by atoms with Crippen LogP contribution in [0.4, 0.5) is 4.39 Å². The van der Waals surface area contributed by atoms with Crippen molar-refractivity contribution in [1.29, 1.82) is 0 Å². The third-order valence-electron chi connectivity index (χ3n) is 4.32. The zero-order chi connectivity index (χ0) is 19.1. The molecule has 28 heavy (non-hydrogen) atoms. The molecule has 0 saturated heterocycles. The van der Waals surface area contributed by atoms with E-state index >= 15 is 0 Å². The minimum absolute atomic E-state index is 0. The summed E-state index contributed by atoms with van der Waals surface area (Å²) in [7, 11) is 1.77. The zero-order valence-corrected chi connectivity index (χ0v) is 19.1. The number of nitrogens with zero attached hydrogens (tertiary/aromatic N) is 3. The fourth-order valence-corrected chi connectivity index (χ4v) is 3.47. The van der Waals surface area contributed by atoms with E-state index in [1.165, 1.54) is 17.7 Å². The minimum Gasteiger partial charge on any atom is -0.356 e. The van der Waals surface area contributed by atoms with Crippen LogP contribution in [0.3, 0.4) is 0 Å². The Kier molecular flexibility index (Phi) is 8.91. The van der Waals surface area contributed by atoms with Gasteiger partial charge >= 0.3 is 0 Å². The summed E-state index contributed by atoms with van der Waals surface area (Å²) < 4.78 is 14.8. The highest BCUT2D eigenvalue weighted by Crippen LogP contribution is 2.17. The Balaban J connectivity index is 0.00000280. The molecule has 1 aromatic carbocycles. The number of nitrogens with one attached hydrogen (secondary N) is 2. The number of thiophene rings is 1. The van der Waals surface area contributed by atoms with E-state index in [4.69, 9.17) is 0 Å². The summed E-state index contributed by atoms with van der Waals surface area (Å²) in [4.78, 5) is 4.27. The molecule has 0 bridgehead atoms. The summed E-state index contributed by atoms with van der Waals surface area (Å²) in [6, 6.07) is 10.4. The third-order valence-corrected chi connectivity index (χ3v) is 5.02. The van der Waals surface area contributed by atoms with Gasteiger partial charge in [0.05, 0.1) is 11.4 Å². The molecular weight excluding hydrogens is 488 g/mol. The lowest BCUT2D eigenvalue weighted by Crippen LogP contribution is -2.39. The molecule has 0 fully saturated rings. The first-order chi connectivity index (χ1) is 13.2. The smallest absolute Gasteiger partial charge is 0.191 e. The molecule has 2 aromatic heterocycles. The topological polar surface area (TPSA) is 54.2 Å². The maximum atomic E-state index is 13.0. The van der Waals surface area contributed by atoms with Crippen LogP contribution in [0.15, 0.2) is 58.3 Å². The molecule has 0 spiro atoms. The molecule has 150 valence electrons. The van der Waals surface area contributed by atoms with Gasteiger partial charge in [-0.05, 0) is 58.6 Å². The van der Waals surface area contributed by atoms with Crippen LogP contribution in [-0.2, 0) is 6.42 Å². The lowest BCUT2D eigenvalue weighted by Gasteiger charge is -2.15. The quantitative estimate of drug-likeness (QED) is 0.283. The summed E-state index contributed by atoms with van der Waals surface area (Å²) >= 11 is 1.72. The van der Waals surface area contributed by atoms with Gasteiger partial charge in [0.1, 0.15) is 5.82 Å². The highest BCUT2D eigenvalue weighted by molar-refractivity contribution is 14.0. The zero-order valence-electron chi connectivity index (χ0n) is 15.9. The van der Waals surface area contributed by atoms with Crippen molar-refractivity contribution >= 4 is 41.3 Å². The molecule has 5 nitrogen and oxygen atoms in total. The maximum absolute atomic E-state index is 13.0. The Labute approximate surface area is 186 Å². The van der Waals surface area contributed by atoms with Gasteiger partial charge in [-0.25, -0.2) is 9.07 Å². The summed E-state index contributed by atoms with van der Waals surface area (Å²) in [5, 5.41) is 15.5. The van der Waals surface area contributed by atoms with Crippen molar-refractivity contribution in [3.63, 3.8) is 0 Å². The molecule has 3 aromatic rings. The van der Waals surface area contributed by atoms with E-state index in [9.17, 15) is 4.39 Å². The molecule has 0 saturated carbocycles. The molecular formula is C20H25FIN5S. The standard InChI is InChI=1S/C20H24FN5S.HI/c1-15(16-9-12-27-14-16)13-24-20(22-2)23-10-7-18-8-11-26(25-18)19-5-3-17(21)4-6-19;/h3-6,8-9,11-12,14-15H,7,10,13H2,1-2H3,(H2,22,23,24);1H. The van der Waals surface area contributed by atoms with Crippen LogP contribution < -0.4 is 10.6 Å². The van der Waals surface area contributed by atoms with Gasteiger partial charge in [-0.3, -0.25) is 4.99 Å². The number of rotatable bonds is 7. The fraction of sp³-hybridized carbons (Fsp3) is 0.300. The molecule has 0 aliphatic rings. The van der Waals surface area contributed by atoms with Crippen LogP contribution in [0.5, 0.6) is 0 Å². The van der Waals surface area contributed by atoms with Crippen molar-refractivity contribution in [2.45, 2.75) is 19.3 Å². The average Bonchev–Trinajstić information content (AvgIpc) is 3.37. The normalized spacial score (nSPS) is 12.3. The lowest BCUT2D eigenvalue weighted by molar-refractivity contribution is 0.627. The van der Waals surface area contributed by atoms with Gasteiger partial charge < -0.3 is 10.6 Å². The molecule has 8 heteroatoms. The van der Waals surface area contributed by atoms with Crippen LogP contribution in [0.1, 0.15) is 24.1 Å². The molecule has 0 aliphatic heterocycles. The molecule has 2 N–H and O–H groups in total. The van der Waals surface area contributed by atoms with Gasteiger partial charge in [0, 0.05) is 32.8 Å². The number of aliphatic imine (C=N–C) groups is 1. The Bertz CT molecular complexity index is 861. The predicted molar refractivity (Wildman–Crippen MR) is 125 cm³/mol. The highest BCUT2D eigenvalue weighted by Gasteiger charge is 2.07. The van der Waals surface area contributed by atoms with Gasteiger partial charge in [-0.2, -0.15) is 16.4 Å². The molecule has 3 rings (SSSR count). The van der Waals surface area contributed by atoms with Gasteiger partial charge in [-0.1, -0.05) is 6.92 Å². The van der Waals surface area contributed by atoms with Crippen molar-refractivity contribution in [1.82, 2.24) is 20.4 Å². The van der Waals surface area contributed by atoms with E-state index in [2.05, 4.69) is 44.5 Å². The van der Waals surface area contributed by atoms with Crippen molar-refractivity contribution in [2.24, 2.45) is 4.99 Å². The summed E-state index contributed by atoms with van der Waals surface area (Å²) in [6.07, 6.45) is 2.66. The highest BCUT2D eigenvalue weighted by atomic mass is 127. The summed E-state index contributed by atoms with van der Waals surface area (Å²) in [6.45, 7) is 3.76. The SMILES string of the molecule is CN=C(NCCc1ccn(-c2ccc(F)cc2)n1)NCC(C)c1ccsc1.I. The molecule has 0 radical (unpaired) electrons. The number of aromatic nitrogens is 2. The van der Waals surface area contributed by atoms with Gasteiger partial charge in [0.25, 0.3) is 0 Å². The average molecular weight is 513 g/mol. The van der Waals surface area contributed by atoms with Gasteiger partial charge in [0.15, 0.2) is 5.96 Å². The number of hydrogen-bond acceptors (Lipinski definition) is 3. The van der Waals surface area contributed by atoms with Crippen molar-refractivity contribution in [3.05, 3.63) is 70.4 Å². The molecule has 1 unspecified atom stereocenters. The van der Waals surface area contributed by atoms with Crippen molar-refractivity contribution in [3.8, 4) is 5.69 Å². The van der Waals surface area contributed by atoms with Gasteiger partial charge in [-0.15, -0.1) is 24.0 Å². The van der Waals surface area contributed by atoms with Crippen LogP contribution >= 0.6 is 35.3 Å². The molecule has 1 atom stereocenters. The molecule has 0 aliphatic carbocycles. The van der Waals surface area contributed by atoms with Gasteiger partial charge in [0.2, 0.25) is 0 Å². The monoisotopic (exact) mass is 513 g/mol. The Morgan fingerprint density at radius 2 is 2.00 bits per heavy atom. The Hall–Kier alpha value is -1.94. The second kappa shape index (κ2) is 11.2. The van der Waals surface area contributed by atoms with E-state index in [-0.39, 0.29) is 29.8 Å². The largest absolute Gasteiger partial charge is 0.356 e. The van der Waals surface area contributed by atoms with Crippen molar-refractivity contribution < 1.29 is 4.39 Å². The maximum Gasteiger partial charge on any atom is 0.191 e. The second-order valence-electron chi connectivity index (χ2n) is 6.32. The number of benzene rings is 1. The number of halogens is 2. The van der Waals surface area contributed by atoms with Crippen LogP contribution in [0.25, 0.3) is 5.69 Å². The van der Waals surface area contributed by atoms with Crippen molar-refractivity contribution in [2.75, 3.05) is 20.1 Å². The van der Waals surface area contributed by atoms with Crippen LogP contribution in [0.2, 0.25) is 0 Å². The fourth-order valence-electron chi connectivity index (χ4n) is 2.69.